The minimum Gasteiger partial charge on any atom is -0.366 e. The maximum Gasteiger partial charge on any atom is 0.248 e. The van der Waals surface area contributed by atoms with Crippen LogP contribution in [0.1, 0.15) is 21.6 Å². The summed E-state index contributed by atoms with van der Waals surface area (Å²) in [4.78, 5) is 28.1. The van der Waals surface area contributed by atoms with Gasteiger partial charge >= 0.3 is 0 Å². The third-order valence-corrected chi connectivity index (χ3v) is 4.36. The van der Waals surface area contributed by atoms with E-state index in [0.29, 0.717) is 16.4 Å². The molecule has 0 saturated heterocycles. The average Bonchev–Trinajstić information content (AvgIpc) is 3.12. The van der Waals surface area contributed by atoms with E-state index in [4.69, 9.17) is 17.3 Å². The Labute approximate surface area is 146 Å². The van der Waals surface area contributed by atoms with Gasteiger partial charge in [-0.05, 0) is 23.8 Å². The molecule has 1 aromatic carbocycles. The van der Waals surface area contributed by atoms with E-state index in [1.54, 1.807) is 30.3 Å². The predicted molar refractivity (Wildman–Crippen MR) is 93.9 cm³/mol. The molecule has 122 valence electrons. The summed E-state index contributed by atoms with van der Waals surface area (Å²) in [6.45, 7) is 0.290. The fourth-order valence-electron chi connectivity index (χ4n) is 2.16. The first-order valence-corrected chi connectivity index (χ1v) is 8.26. The van der Waals surface area contributed by atoms with E-state index >= 15 is 0 Å². The molecule has 0 bridgehead atoms. The number of nitrogens with zero attached hydrogens (tertiary/aromatic N) is 2. The molecule has 2 amide bonds. The van der Waals surface area contributed by atoms with Crippen molar-refractivity contribution in [3.05, 3.63) is 63.9 Å². The molecule has 3 N–H and O–H groups in total. The van der Waals surface area contributed by atoms with Gasteiger partial charge in [0.2, 0.25) is 11.8 Å². The molecule has 2 heterocycles. The molecule has 0 saturated carbocycles. The van der Waals surface area contributed by atoms with Crippen LogP contribution in [-0.2, 0) is 11.3 Å². The van der Waals surface area contributed by atoms with Crippen molar-refractivity contribution < 1.29 is 9.59 Å². The number of benzene rings is 1. The van der Waals surface area contributed by atoms with Crippen molar-refractivity contribution in [2.24, 2.45) is 5.73 Å². The van der Waals surface area contributed by atoms with Crippen LogP contribution in [0.4, 0.5) is 0 Å². The molecule has 0 radical (unpaired) electrons. The van der Waals surface area contributed by atoms with Crippen molar-refractivity contribution in [2.45, 2.75) is 6.54 Å². The van der Waals surface area contributed by atoms with Crippen LogP contribution < -0.4 is 11.1 Å². The molecule has 8 heteroatoms. The number of thiazole rings is 1. The van der Waals surface area contributed by atoms with Crippen molar-refractivity contribution in [3.8, 4) is 0 Å². The van der Waals surface area contributed by atoms with Crippen molar-refractivity contribution >= 4 is 45.8 Å². The number of halogens is 1. The molecule has 0 spiro atoms. The van der Waals surface area contributed by atoms with Gasteiger partial charge in [0, 0.05) is 29.8 Å². The Morgan fingerprint density at radius 1 is 1.42 bits per heavy atom. The van der Waals surface area contributed by atoms with E-state index in [-0.39, 0.29) is 12.5 Å². The third-order valence-electron chi connectivity index (χ3n) is 3.32. The summed E-state index contributed by atoms with van der Waals surface area (Å²) in [7, 11) is 0. The lowest BCUT2D eigenvalue weighted by Crippen LogP contribution is -2.20. The number of hydrogen-bond acceptors (Lipinski definition) is 4. The molecule has 0 fully saturated rings. The fraction of sp³-hybridized carbons (Fsp3) is 0.0625. The summed E-state index contributed by atoms with van der Waals surface area (Å²) in [5, 5.41) is 4.98. The monoisotopic (exact) mass is 360 g/mol. The van der Waals surface area contributed by atoms with E-state index in [2.05, 4.69) is 10.3 Å². The number of nitrogens with one attached hydrogen (secondary N) is 1. The lowest BCUT2D eigenvalue weighted by atomic mass is 10.1. The van der Waals surface area contributed by atoms with Crippen LogP contribution in [0, 0.1) is 0 Å². The number of carbonyl (C=O) groups excluding carboxylic acids is 2. The third kappa shape index (κ3) is 3.47. The standard InChI is InChI=1S/C16H13ClN4O2S/c17-14-12(21-6-7-24-16(21)20-14)4-5-13(22)19-9-10-2-1-3-11(8-10)15(18)23/h1-8H,9H2,(H2,18,23)(H,19,22)/b5-4+. The predicted octanol–water partition coefficient (Wildman–Crippen LogP) is 2.48. The Balaban J connectivity index is 1.65. The number of carbonyl (C=O) groups is 2. The number of fused-ring (bicyclic) bond motifs is 1. The average molecular weight is 361 g/mol. The molecular formula is C16H13ClN4O2S. The topological polar surface area (TPSA) is 89.5 Å². The summed E-state index contributed by atoms with van der Waals surface area (Å²) in [6, 6.07) is 6.80. The second-order valence-electron chi connectivity index (χ2n) is 4.96. The summed E-state index contributed by atoms with van der Waals surface area (Å²) in [5.41, 5.74) is 7.08. The van der Waals surface area contributed by atoms with E-state index in [9.17, 15) is 9.59 Å². The molecule has 0 atom stereocenters. The van der Waals surface area contributed by atoms with Crippen molar-refractivity contribution in [3.63, 3.8) is 0 Å². The van der Waals surface area contributed by atoms with Gasteiger partial charge in [-0.2, -0.15) is 0 Å². The van der Waals surface area contributed by atoms with Gasteiger partial charge in [-0.25, -0.2) is 4.98 Å². The van der Waals surface area contributed by atoms with Gasteiger partial charge in [0.25, 0.3) is 0 Å². The van der Waals surface area contributed by atoms with Gasteiger partial charge in [0.1, 0.15) is 0 Å². The smallest absolute Gasteiger partial charge is 0.248 e. The zero-order chi connectivity index (χ0) is 17.1. The fourth-order valence-corrected chi connectivity index (χ4v) is 3.17. The van der Waals surface area contributed by atoms with Gasteiger partial charge in [-0.1, -0.05) is 23.7 Å². The summed E-state index contributed by atoms with van der Waals surface area (Å²) in [6.07, 6.45) is 4.85. The molecule has 2 aromatic heterocycles. The minimum atomic E-state index is -0.502. The minimum absolute atomic E-state index is 0.277. The van der Waals surface area contributed by atoms with Crippen molar-refractivity contribution in [2.75, 3.05) is 0 Å². The van der Waals surface area contributed by atoms with E-state index < -0.39 is 5.91 Å². The highest BCUT2D eigenvalue weighted by molar-refractivity contribution is 7.15. The molecule has 24 heavy (non-hydrogen) atoms. The van der Waals surface area contributed by atoms with Crippen LogP contribution >= 0.6 is 22.9 Å². The van der Waals surface area contributed by atoms with E-state index in [1.807, 2.05) is 16.0 Å². The zero-order valence-electron chi connectivity index (χ0n) is 12.4. The van der Waals surface area contributed by atoms with Crippen LogP contribution in [0.15, 0.2) is 41.9 Å². The van der Waals surface area contributed by atoms with Crippen LogP contribution in [0.2, 0.25) is 5.15 Å². The molecule has 3 aromatic rings. The van der Waals surface area contributed by atoms with Gasteiger partial charge in [0.05, 0.1) is 5.69 Å². The molecule has 0 aliphatic rings. The quantitative estimate of drug-likeness (QED) is 0.685. The summed E-state index contributed by atoms with van der Waals surface area (Å²) in [5.74, 6) is -0.779. The SMILES string of the molecule is NC(=O)c1cccc(CNC(=O)/C=C/c2c(Cl)nc3sccn23)c1. The van der Waals surface area contributed by atoms with E-state index in [1.165, 1.54) is 17.4 Å². The first-order valence-electron chi connectivity index (χ1n) is 7.00. The Bertz CT molecular complexity index is 945. The first-order chi connectivity index (χ1) is 11.5. The molecule has 6 nitrogen and oxygen atoms in total. The van der Waals surface area contributed by atoms with Gasteiger partial charge in [-0.3, -0.25) is 14.0 Å². The van der Waals surface area contributed by atoms with Crippen molar-refractivity contribution in [1.82, 2.24) is 14.7 Å². The number of aromatic nitrogens is 2. The maximum atomic E-state index is 12.0. The number of hydrogen-bond donors (Lipinski definition) is 2. The molecule has 0 aliphatic heterocycles. The highest BCUT2D eigenvalue weighted by Gasteiger charge is 2.08. The number of primary amides is 1. The second kappa shape index (κ2) is 6.86. The lowest BCUT2D eigenvalue weighted by Gasteiger charge is -2.04. The summed E-state index contributed by atoms with van der Waals surface area (Å²) >= 11 is 7.52. The number of imidazole rings is 1. The highest BCUT2D eigenvalue weighted by atomic mass is 35.5. The molecule has 0 aliphatic carbocycles. The van der Waals surface area contributed by atoms with Crippen LogP contribution in [0.3, 0.4) is 0 Å². The molecular weight excluding hydrogens is 348 g/mol. The van der Waals surface area contributed by atoms with Crippen LogP contribution in [0.5, 0.6) is 0 Å². The second-order valence-corrected chi connectivity index (χ2v) is 6.19. The largest absolute Gasteiger partial charge is 0.366 e. The maximum absolute atomic E-state index is 12.0. The van der Waals surface area contributed by atoms with Gasteiger partial charge in [-0.15, -0.1) is 11.3 Å². The number of rotatable bonds is 5. The van der Waals surface area contributed by atoms with Gasteiger partial charge < -0.3 is 11.1 Å². The first kappa shape index (κ1) is 16.2. The Hall–Kier alpha value is -2.64. The normalized spacial score (nSPS) is 11.2. The van der Waals surface area contributed by atoms with E-state index in [0.717, 1.165) is 10.5 Å². The number of amides is 2. The zero-order valence-corrected chi connectivity index (χ0v) is 14.0. The van der Waals surface area contributed by atoms with Gasteiger partial charge in [0.15, 0.2) is 10.1 Å². The highest BCUT2D eigenvalue weighted by Crippen LogP contribution is 2.22. The Morgan fingerprint density at radius 2 is 2.25 bits per heavy atom. The van der Waals surface area contributed by atoms with Crippen LogP contribution in [-0.4, -0.2) is 21.2 Å². The summed E-state index contributed by atoms with van der Waals surface area (Å²) < 4.78 is 1.81. The molecule has 0 unspecified atom stereocenters. The number of nitrogens with two attached hydrogens (primary N) is 1. The molecule has 3 rings (SSSR count). The Kier molecular flexibility index (Phi) is 4.64. The van der Waals surface area contributed by atoms with Crippen LogP contribution in [0.25, 0.3) is 11.0 Å². The van der Waals surface area contributed by atoms with Crippen molar-refractivity contribution in [1.29, 1.82) is 0 Å². The Morgan fingerprint density at radius 3 is 3.04 bits per heavy atom. The lowest BCUT2D eigenvalue weighted by molar-refractivity contribution is -0.116.